The van der Waals surface area contributed by atoms with Crippen LogP contribution in [0.15, 0.2) is 0 Å². The van der Waals surface area contributed by atoms with E-state index in [4.69, 9.17) is 9.47 Å². The molecule has 0 bridgehead atoms. The maximum atomic E-state index is 5.33. The molecule has 0 saturated carbocycles. The second kappa shape index (κ2) is 1.71. The minimum Gasteiger partial charge on any atom is -0.348 e. The molecule has 0 unspecified atom stereocenters. The van der Waals surface area contributed by atoms with Gasteiger partial charge in [0.05, 0.1) is 12.7 Å². The van der Waals surface area contributed by atoms with E-state index in [-0.39, 0.29) is 11.9 Å². The molecule has 1 saturated heterocycles. The standard InChI is InChI=1S/C6H12O2/c1-5-4-7-6(2,3)8-5/h5H,4H2,1-3H3/t5-/m0/s1. The minimum atomic E-state index is -0.334. The predicted molar refractivity (Wildman–Crippen MR) is 30.6 cm³/mol. The number of ether oxygens (including phenoxy) is 2. The molecule has 0 aromatic heterocycles. The summed E-state index contributed by atoms with van der Waals surface area (Å²) in [6, 6.07) is 0. The van der Waals surface area contributed by atoms with Crippen LogP contribution in [0.1, 0.15) is 20.8 Å². The van der Waals surface area contributed by atoms with Gasteiger partial charge in [0.15, 0.2) is 5.79 Å². The Morgan fingerprint density at radius 2 is 2.12 bits per heavy atom. The van der Waals surface area contributed by atoms with E-state index in [1.54, 1.807) is 0 Å². The van der Waals surface area contributed by atoms with Crippen molar-refractivity contribution in [3.8, 4) is 0 Å². The largest absolute Gasteiger partial charge is 0.348 e. The smallest absolute Gasteiger partial charge is 0.163 e. The molecule has 1 rings (SSSR count). The molecular formula is C6H12O2. The third-order valence-corrected chi connectivity index (χ3v) is 1.15. The van der Waals surface area contributed by atoms with Gasteiger partial charge in [-0.1, -0.05) is 0 Å². The van der Waals surface area contributed by atoms with Crippen molar-refractivity contribution in [3.05, 3.63) is 0 Å². The van der Waals surface area contributed by atoms with Gasteiger partial charge in [-0.25, -0.2) is 0 Å². The molecular weight excluding hydrogens is 104 g/mol. The Morgan fingerprint density at radius 3 is 2.25 bits per heavy atom. The first-order chi connectivity index (χ1) is 3.60. The quantitative estimate of drug-likeness (QED) is 0.472. The van der Waals surface area contributed by atoms with E-state index in [0.717, 1.165) is 6.61 Å². The Bertz CT molecular complexity index is 88.5. The van der Waals surface area contributed by atoms with Gasteiger partial charge in [-0.3, -0.25) is 0 Å². The number of hydrogen-bond acceptors (Lipinski definition) is 2. The summed E-state index contributed by atoms with van der Waals surface area (Å²) in [7, 11) is 0. The van der Waals surface area contributed by atoms with Gasteiger partial charge in [0.1, 0.15) is 0 Å². The summed E-state index contributed by atoms with van der Waals surface area (Å²) in [6.45, 7) is 6.59. The third kappa shape index (κ3) is 1.20. The maximum Gasteiger partial charge on any atom is 0.163 e. The van der Waals surface area contributed by atoms with E-state index < -0.39 is 0 Å². The van der Waals surface area contributed by atoms with Crippen molar-refractivity contribution in [2.75, 3.05) is 6.61 Å². The monoisotopic (exact) mass is 116 g/mol. The Labute approximate surface area is 49.8 Å². The fourth-order valence-electron chi connectivity index (χ4n) is 0.871. The first-order valence-corrected chi connectivity index (χ1v) is 2.92. The first-order valence-electron chi connectivity index (χ1n) is 2.92. The molecule has 0 aliphatic carbocycles. The van der Waals surface area contributed by atoms with Crippen LogP contribution in [-0.4, -0.2) is 18.5 Å². The van der Waals surface area contributed by atoms with Gasteiger partial charge in [0.25, 0.3) is 0 Å². The van der Waals surface area contributed by atoms with Crippen molar-refractivity contribution in [1.29, 1.82) is 0 Å². The van der Waals surface area contributed by atoms with Gasteiger partial charge in [0, 0.05) is 0 Å². The third-order valence-electron chi connectivity index (χ3n) is 1.15. The van der Waals surface area contributed by atoms with Crippen LogP contribution < -0.4 is 0 Å². The normalized spacial score (nSPS) is 35.6. The van der Waals surface area contributed by atoms with Crippen LogP contribution in [0.25, 0.3) is 0 Å². The lowest BCUT2D eigenvalue weighted by Crippen LogP contribution is -2.20. The van der Waals surface area contributed by atoms with Gasteiger partial charge in [-0.2, -0.15) is 0 Å². The highest BCUT2D eigenvalue weighted by Crippen LogP contribution is 2.21. The lowest BCUT2D eigenvalue weighted by atomic mass is 10.4. The summed E-state index contributed by atoms with van der Waals surface area (Å²) >= 11 is 0. The van der Waals surface area contributed by atoms with Gasteiger partial charge < -0.3 is 9.47 Å². The molecule has 2 heteroatoms. The average molecular weight is 116 g/mol. The number of hydrogen-bond donors (Lipinski definition) is 0. The molecule has 0 amide bonds. The van der Waals surface area contributed by atoms with Crippen LogP contribution in [-0.2, 0) is 9.47 Å². The predicted octanol–water partition coefficient (Wildman–Crippen LogP) is 1.16. The van der Waals surface area contributed by atoms with Crippen molar-refractivity contribution < 1.29 is 9.47 Å². The molecule has 1 aliphatic rings. The lowest BCUT2D eigenvalue weighted by Gasteiger charge is -2.15. The summed E-state index contributed by atoms with van der Waals surface area (Å²) in [5.74, 6) is -0.334. The van der Waals surface area contributed by atoms with Crippen molar-refractivity contribution in [3.63, 3.8) is 0 Å². The fourth-order valence-corrected chi connectivity index (χ4v) is 0.871. The minimum absolute atomic E-state index is 0.269. The summed E-state index contributed by atoms with van der Waals surface area (Å²) < 4.78 is 10.6. The fraction of sp³-hybridized carbons (Fsp3) is 1.00. The molecule has 1 heterocycles. The van der Waals surface area contributed by atoms with Gasteiger partial charge in [-0.15, -0.1) is 0 Å². The molecule has 0 aromatic carbocycles. The van der Waals surface area contributed by atoms with E-state index in [1.807, 2.05) is 20.8 Å². The number of rotatable bonds is 0. The van der Waals surface area contributed by atoms with Crippen molar-refractivity contribution in [2.24, 2.45) is 0 Å². The molecule has 0 radical (unpaired) electrons. The van der Waals surface area contributed by atoms with Gasteiger partial charge >= 0.3 is 0 Å². The van der Waals surface area contributed by atoms with Crippen LogP contribution in [0.2, 0.25) is 0 Å². The lowest BCUT2D eigenvalue weighted by molar-refractivity contribution is -0.136. The Morgan fingerprint density at radius 1 is 1.50 bits per heavy atom. The summed E-state index contributed by atoms with van der Waals surface area (Å²) in [6.07, 6.45) is 0.269. The molecule has 8 heavy (non-hydrogen) atoms. The zero-order chi connectivity index (χ0) is 6.20. The first kappa shape index (κ1) is 6.05. The zero-order valence-electron chi connectivity index (χ0n) is 5.60. The molecule has 2 nitrogen and oxygen atoms in total. The molecule has 0 N–H and O–H groups in total. The molecule has 0 aromatic rings. The highest BCUT2D eigenvalue weighted by atomic mass is 16.7. The Hall–Kier alpha value is -0.0800. The van der Waals surface area contributed by atoms with E-state index in [0.29, 0.717) is 0 Å². The molecule has 1 fully saturated rings. The maximum absolute atomic E-state index is 5.33. The van der Waals surface area contributed by atoms with Crippen LogP contribution >= 0.6 is 0 Å². The summed E-state index contributed by atoms with van der Waals surface area (Å²) in [5.41, 5.74) is 0. The van der Waals surface area contributed by atoms with Crippen LogP contribution in [0.3, 0.4) is 0 Å². The highest BCUT2D eigenvalue weighted by Gasteiger charge is 2.29. The van der Waals surface area contributed by atoms with Gasteiger partial charge in [-0.05, 0) is 20.8 Å². The summed E-state index contributed by atoms with van der Waals surface area (Å²) in [4.78, 5) is 0. The van der Waals surface area contributed by atoms with E-state index >= 15 is 0 Å². The highest BCUT2D eigenvalue weighted by molar-refractivity contribution is 4.65. The second-order valence-corrected chi connectivity index (χ2v) is 2.64. The molecule has 0 spiro atoms. The van der Waals surface area contributed by atoms with E-state index in [9.17, 15) is 0 Å². The van der Waals surface area contributed by atoms with E-state index in [1.165, 1.54) is 0 Å². The second-order valence-electron chi connectivity index (χ2n) is 2.64. The van der Waals surface area contributed by atoms with Crippen molar-refractivity contribution in [1.82, 2.24) is 0 Å². The Kier molecular flexibility index (Phi) is 1.29. The average Bonchev–Trinajstić information content (AvgIpc) is 1.82. The van der Waals surface area contributed by atoms with Crippen molar-refractivity contribution >= 4 is 0 Å². The van der Waals surface area contributed by atoms with Crippen molar-refractivity contribution in [2.45, 2.75) is 32.7 Å². The topological polar surface area (TPSA) is 18.5 Å². The Balaban J connectivity index is 2.44. The molecule has 1 atom stereocenters. The van der Waals surface area contributed by atoms with Crippen LogP contribution in [0.4, 0.5) is 0 Å². The van der Waals surface area contributed by atoms with Crippen LogP contribution in [0, 0.1) is 0 Å². The zero-order valence-corrected chi connectivity index (χ0v) is 5.60. The molecule has 48 valence electrons. The summed E-state index contributed by atoms with van der Waals surface area (Å²) in [5, 5.41) is 0. The van der Waals surface area contributed by atoms with Gasteiger partial charge in [0.2, 0.25) is 0 Å². The molecule has 1 aliphatic heterocycles. The van der Waals surface area contributed by atoms with Crippen LogP contribution in [0.5, 0.6) is 0 Å². The SMILES string of the molecule is C[C@H]1COC(C)(C)O1. The van der Waals surface area contributed by atoms with E-state index in [2.05, 4.69) is 0 Å².